The lowest BCUT2D eigenvalue weighted by Crippen LogP contribution is -2.57. The van der Waals surface area contributed by atoms with Crippen LogP contribution in [0.2, 0.25) is 0 Å². The van der Waals surface area contributed by atoms with Gasteiger partial charge in [-0.15, -0.1) is 0 Å². The van der Waals surface area contributed by atoms with Gasteiger partial charge in [0.15, 0.2) is 0 Å². The Kier molecular flexibility index (Phi) is 19.5. The van der Waals surface area contributed by atoms with Gasteiger partial charge in [-0.1, -0.05) is 97.1 Å². The zero-order chi connectivity index (χ0) is 37.9. The summed E-state index contributed by atoms with van der Waals surface area (Å²) in [4.78, 5) is 82.3. The first-order chi connectivity index (χ1) is 24.4. The molecule has 3 rings (SSSR count). The van der Waals surface area contributed by atoms with Gasteiger partial charge in [0.25, 0.3) is 5.91 Å². The number of amides is 5. The number of hydrogen-bond acceptors (Lipinski definition) is 7. The molecule has 12 nitrogen and oxygen atoms in total. The van der Waals surface area contributed by atoms with E-state index in [1.54, 1.807) is 49.3 Å². The molecule has 1 saturated heterocycles. The summed E-state index contributed by atoms with van der Waals surface area (Å²) in [7, 11) is 3.15. The Balaban J connectivity index is 0.00000290. The van der Waals surface area contributed by atoms with E-state index >= 15 is 0 Å². The summed E-state index contributed by atoms with van der Waals surface area (Å²) in [6.07, 6.45) is 9.42. The number of likely N-dealkylation sites (N-methyl/N-ethyl adjacent to an activating group) is 1. The number of carbonyl (C=O) groups is 6. The molecule has 1 aromatic rings. The van der Waals surface area contributed by atoms with E-state index in [4.69, 9.17) is 0 Å². The fraction of sp³-hybridized carbons (Fsp3) is 0.692. The van der Waals surface area contributed by atoms with Gasteiger partial charge in [0.1, 0.15) is 12.1 Å². The van der Waals surface area contributed by atoms with E-state index in [1.807, 2.05) is 6.92 Å². The van der Waals surface area contributed by atoms with E-state index in [0.717, 1.165) is 38.6 Å². The van der Waals surface area contributed by atoms with Crippen molar-refractivity contribution < 1.29 is 28.8 Å². The second-order valence-corrected chi connectivity index (χ2v) is 14.4. The number of likely N-dealkylation sites (tertiary alicyclic amines) is 1. The maximum absolute atomic E-state index is 14.0. The third-order valence-electron chi connectivity index (χ3n) is 9.28. The number of nitrogens with one attached hydrogen (secondary N) is 4. The van der Waals surface area contributed by atoms with Crippen LogP contribution in [-0.4, -0.2) is 97.0 Å². The molecule has 5 amide bonds. The summed E-state index contributed by atoms with van der Waals surface area (Å²) in [5, 5.41) is 11.3. The Morgan fingerprint density at radius 3 is 2.10 bits per heavy atom. The number of ketones is 1. The monoisotopic (exact) mass is 712 g/mol. The average Bonchev–Trinajstić information content (AvgIpc) is 3.62. The Hall–Kier alpha value is -3.80. The van der Waals surface area contributed by atoms with Crippen LogP contribution in [0.5, 0.6) is 0 Å². The Labute approximate surface area is 305 Å². The maximum atomic E-state index is 14.0. The van der Waals surface area contributed by atoms with E-state index < -0.39 is 48.2 Å². The van der Waals surface area contributed by atoms with E-state index in [1.165, 1.54) is 17.7 Å². The Bertz CT molecular complexity index is 1270. The summed E-state index contributed by atoms with van der Waals surface area (Å²) in [5.41, 5.74) is 0.577. The summed E-state index contributed by atoms with van der Waals surface area (Å²) in [6.45, 7) is 11.1. The van der Waals surface area contributed by atoms with Crippen molar-refractivity contribution in [2.24, 2.45) is 11.8 Å². The molecule has 0 radical (unpaired) electrons. The van der Waals surface area contributed by atoms with E-state index in [-0.39, 0.29) is 30.2 Å². The second-order valence-electron chi connectivity index (χ2n) is 14.4. The molecule has 2 unspecified atom stereocenters. The molecule has 0 bridgehead atoms. The highest BCUT2D eigenvalue weighted by atomic mass is 16.2. The zero-order valence-electron chi connectivity index (χ0n) is 32.1. The van der Waals surface area contributed by atoms with Gasteiger partial charge < -0.3 is 31.1 Å². The van der Waals surface area contributed by atoms with Crippen LogP contribution in [0.3, 0.4) is 0 Å². The first-order valence-corrected chi connectivity index (χ1v) is 19.1. The third-order valence-corrected chi connectivity index (χ3v) is 9.28. The SMILES string of the molecule is CCC.CCCC(NC(=O)C1CCCN1C(=O)[C@@H](NCCC(C)C)C1CCCCC1)C(=O)C(=O)NCC(=O)N[C@H](C(=O)N(C)C)c1ccccc1. The lowest BCUT2D eigenvalue weighted by Gasteiger charge is -2.35. The van der Waals surface area contributed by atoms with Crippen molar-refractivity contribution in [3.05, 3.63) is 35.9 Å². The van der Waals surface area contributed by atoms with Crippen LogP contribution in [0, 0.1) is 11.8 Å². The van der Waals surface area contributed by atoms with Crippen LogP contribution in [0.1, 0.15) is 117 Å². The van der Waals surface area contributed by atoms with Gasteiger partial charge in [-0.25, -0.2) is 0 Å². The predicted molar refractivity (Wildman–Crippen MR) is 199 cm³/mol. The fourth-order valence-electron chi connectivity index (χ4n) is 6.57. The van der Waals surface area contributed by atoms with Gasteiger partial charge in [0, 0.05) is 20.6 Å². The lowest BCUT2D eigenvalue weighted by atomic mass is 9.83. The molecule has 1 aromatic carbocycles. The molecule has 2 fully saturated rings. The first-order valence-electron chi connectivity index (χ1n) is 19.1. The molecular weight excluding hydrogens is 648 g/mol. The van der Waals surface area contributed by atoms with Crippen molar-refractivity contribution in [3.63, 3.8) is 0 Å². The minimum absolute atomic E-state index is 0.0630. The smallest absolute Gasteiger partial charge is 0.290 e. The number of benzene rings is 1. The van der Waals surface area contributed by atoms with Gasteiger partial charge in [0.05, 0.1) is 18.6 Å². The van der Waals surface area contributed by atoms with Crippen LogP contribution in [0.25, 0.3) is 0 Å². The van der Waals surface area contributed by atoms with Gasteiger partial charge in [-0.3, -0.25) is 28.8 Å². The van der Waals surface area contributed by atoms with Gasteiger partial charge in [-0.2, -0.15) is 0 Å². The average molecular weight is 713 g/mol. The van der Waals surface area contributed by atoms with Crippen molar-refractivity contribution in [1.29, 1.82) is 0 Å². The molecule has 12 heteroatoms. The summed E-state index contributed by atoms with van der Waals surface area (Å²) < 4.78 is 0. The molecule has 0 aromatic heterocycles. The molecular formula is C39H64N6O6. The van der Waals surface area contributed by atoms with Crippen LogP contribution in [-0.2, 0) is 28.8 Å². The second kappa shape index (κ2) is 22.9. The molecule has 1 aliphatic carbocycles. The number of hydrogen-bond donors (Lipinski definition) is 4. The van der Waals surface area contributed by atoms with Gasteiger partial charge >= 0.3 is 0 Å². The normalized spacial score (nSPS) is 17.7. The van der Waals surface area contributed by atoms with Crippen molar-refractivity contribution in [3.8, 4) is 0 Å². The highest BCUT2D eigenvalue weighted by Gasteiger charge is 2.41. The molecule has 4 N–H and O–H groups in total. The van der Waals surface area contributed by atoms with E-state index in [0.29, 0.717) is 37.3 Å². The fourth-order valence-corrected chi connectivity index (χ4v) is 6.57. The Morgan fingerprint density at radius 1 is 0.863 bits per heavy atom. The summed E-state index contributed by atoms with van der Waals surface area (Å²) in [6, 6.07) is 5.58. The number of carbonyl (C=O) groups excluding carboxylic acids is 6. The summed E-state index contributed by atoms with van der Waals surface area (Å²) in [5.74, 6) is -2.66. The molecule has 1 aliphatic heterocycles. The number of rotatable bonds is 17. The quantitative estimate of drug-likeness (QED) is 0.179. The standard InChI is InChI=1S/C36H56N6O6.C3H8/c1-6-14-27(32(44)34(46)38-23-29(43)40-31(35(47)41(4)5)26-17-11-8-12-18-26)39-33(45)28-19-13-22-42(28)36(48)30(37-21-20-24(2)3)25-15-9-7-10-16-25;1-3-2/h8,11-12,17-18,24-25,27-28,30-31,37H,6-7,9-10,13-16,19-23H2,1-5H3,(H,38,46)(H,39,45)(H,40,43);3H2,1-2H3/t27?,28?,30-,31-;/m0./s1. The van der Waals surface area contributed by atoms with E-state index in [2.05, 4.69) is 49.0 Å². The van der Waals surface area contributed by atoms with Crippen LogP contribution in [0.15, 0.2) is 30.3 Å². The molecule has 1 heterocycles. The molecule has 286 valence electrons. The third kappa shape index (κ3) is 14.0. The van der Waals surface area contributed by atoms with Crippen molar-refractivity contribution in [1.82, 2.24) is 31.1 Å². The topological polar surface area (TPSA) is 157 Å². The highest BCUT2D eigenvalue weighted by molar-refractivity contribution is 6.38. The number of Topliss-reactive ketones (excluding diaryl/α,β-unsaturated/α-hetero) is 1. The summed E-state index contributed by atoms with van der Waals surface area (Å²) >= 11 is 0. The Morgan fingerprint density at radius 2 is 1.51 bits per heavy atom. The molecule has 1 saturated carbocycles. The van der Waals surface area contributed by atoms with Crippen LogP contribution < -0.4 is 21.3 Å². The van der Waals surface area contributed by atoms with Crippen LogP contribution in [0.4, 0.5) is 0 Å². The number of nitrogens with zero attached hydrogens (tertiary/aromatic N) is 2. The lowest BCUT2D eigenvalue weighted by molar-refractivity contribution is -0.143. The minimum atomic E-state index is -1.10. The molecule has 2 aliphatic rings. The first kappa shape index (κ1) is 43.4. The molecule has 51 heavy (non-hydrogen) atoms. The zero-order valence-corrected chi connectivity index (χ0v) is 32.1. The molecule has 4 atom stereocenters. The van der Waals surface area contributed by atoms with Gasteiger partial charge in [0.2, 0.25) is 29.4 Å². The van der Waals surface area contributed by atoms with Crippen LogP contribution >= 0.6 is 0 Å². The molecule has 0 spiro atoms. The highest BCUT2D eigenvalue weighted by Crippen LogP contribution is 2.29. The van der Waals surface area contributed by atoms with Crippen molar-refractivity contribution >= 4 is 35.3 Å². The predicted octanol–water partition coefficient (Wildman–Crippen LogP) is 3.89. The van der Waals surface area contributed by atoms with Crippen molar-refractivity contribution in [2.75, 3.05) is 33.7 Å². The largest absolute Gasteiger partial charge is 0.347 e. The van der Waals surface area contributed by atoms with E-state index in [9.17, 15) is 28.8 Å². The van der Waals surface area contributed by atoms with Gasteiger partial charge in [-0.05, 0) is 62.5 Å². The minimum Gasteiger partial charge on any atom is -0.347 e. The maximum Gasteiger partial charge on any atom is 0.290 e. The van der Waals surface area contributed by atoms with Crippen molar-refractivity contribution in [2.45, 2.75) is 129 Å².